The second-order valence-corrected chi connectivity index (χ2v) is 2.77. The second kappa shape index (κ2) is 5.11. The Balaban J connectivity index is 2.81. The van der Waals surface area contributed by atoms with Crippen LogP contribution in [0.2, 0.25) is 0 Å². The van der Waals surface area contributed by atoms with Crippen LogP contribution in [0.15, 0.2) is 29.0 Å². The summed E-state index contributed by atoms with van der Waals surface area (Å²) in [5.41, 5.74) is 5.88. The van der Waals surface area contributed by atoms with Gasteiger partial charge in [0.1, 0.15) is 6.54 Å². The van der Waals surface area contributed by atoms with E-state index in [2.05, 4.69) is 9.50 Å². The number of hydrogen-bond acceptors (Lipinski definition) is 4. The summed E-state index contributed by atoms with van der Waals surface area (Å²) in [6.07, 6.45) is 3.07. The standard InChI is InChI=1S/C7H8ClN5O2/c8-11-7(9)12(13(14)15)5-6-2-1-3-10-4-6/h1-4H,5H2,(H2,9,11). The largest absolute Gasteiger partial charge is 0.364 e. The maximum atomic E-state index is 10.6. The molecule has 1 aromatic rings. The fourth-order valence-electron chi connectivity index (χ4n) is 0.931. The first-order valence-corrected chi connectivity index (χ1v) is 4.24. The number of guanidine groups is 1. The van der Waals surface area contributed by atoms with Crippen molar-refractivity contribution in [1.29, 1.82) is 0 Å². The van der Waals surface area contributed by atoms with Crippen LogP contribution in [-0.2, 0) is 6.54 Å². The molecule has 80 valence electrons. The summed E-state index contributed by atoms with van der Waals surface area (Å²) in [4.78, 5) is 14.4. The highest BCUT2D eigenvalue weighted by Gasteiger charge is 2.19. The zero-order valence-electron chi connectivity index (χ0n) is 7.58. The first-order valence-electron chi connectivity index (χ1n) is 3.90. The summed E-state index contributed by atoms with van der Waals surface area (Å²) in [5, 5.41) is 10.5. The van der Waals surface area contributed by atoms with Crippen LogP contribution in [0.4, 0.5) is 0 Å². The molecule has 0 unspecified atom stereocenters. The molecule has 7 nitrogen and oxygen atoms in total. The number of rotatable bonds is 3. The predicted octanol–water partition coefficient (Wildman–Crippen LogP) is 0.544. The molecule has 0 radical (unpaired) electrons. The third kappa shape index (κ3) is 3.06. The van der Waals surface area contributed by atoms with Crippen LogP contribution in [0.5, 0.6) is 0 Å². The highest BCUT2D eigenvalue weighted by Crippen LogP contribution is 2.02. The van der Waals surface area contributed by atoms with Crippen molar-refractivity contribution in [2.45, 2.75) is 6.54 Å². The first kappa shape index (κ1) is 11.2. The molecule has 1 heterocycles. The lowest BCUT2D eigenvalue weighted by Gasteiger charge is -2.11. The van der Waals surface area contributed by atoms with Gasteiger partial charge in [0.05, 0.1) is 0 Å². The molecule has 0 bridgehead atoms. The van der Waals surface area contributed by atoms with Gasteiger partial charge in [-0.15, -0.1) is 4.51 Å². The highest BCUT2D eigenvalue weighted by atomic mass is 35.5. The van der Waals surface area contributed by atoms with Gasteiger partial charge in [0.15, 0.2) is 5.03 Å². The average molecular weight is 230 g/mol. The van der Waals surface area contributed by atoms with Crippen molar-refractivity contribution in [1.82, 2.24) is 9.99 Å². The smallest absolute Gasteiger partial charge is 0.271 e. The number of pyridine rings is 1. The average Bonchev–Trinajstić information content (AvgIpc) is 2.26. The van der Waals surface area contributed by atoms with E-state index in [-0.39, 0.29) is 12.5 Å². The number of nitrogens with zero attached hydrogens (tertiary/aromatic N) is 4. The van der Waals surface area contributed by atoms with Gasteiger partial charge < -0.3 is 5.73 Å². The topological polar surface area (TPSA) is 97.7 Å². The second-order valence-electron chi connectivity index (χ2n) is 2.60. The van der Waals surface area contributed by atoms with Crippen molar-refractivity contribution in [3.05, 3.63) is 40.2 Å². The van der Waals surface area contributed by atoms with E-state index < -0.39 is 5.03 Å². The van der Waals surface area contributed by atoms with Crippen molar-refractivity contribution in [2.24, 2.45) is 10.2 Å². The Morgan fingerprint density at radius 2 is 2.53 bits per heavy atom. The minimum atomic E-state index is -0.686. The van der Waals surface area contributed by atoms with Gasteiger partial charge in [-0.05, 0) is 11.6 Å². The Bertz CT molecular complexity index is 369. The summed E-state index contributed by atoms with van der Waals surface area (Å²) in [7, 11) is 0. The van der Waals surface area contributed by atoms with Gasteiger partial charge >= 0.3 is 0 Å². The Morgan fingerprint density at radius 1 is 1.80 bits per heavy atom. The van der Waals surface area contributed by atoms with Crippen molar-refractivity contribution in [3.8, 4) is 0 Å². The minimum Gasteiger partial charge on any atom is -0.364 e. The van der Waals surface area contributed by atoms with E-state index in [9.17, 15) is 10.1 Å². The molecular weight excluding hydrogens is 222 g/mol. The minimum absolute atomic E-state index is 0.0388. The van der Waals surface area contributed by atoms with Crippen LogP contribution in [0, 0.1) is 10.1 Å². The Kier molecular flexibility index (Phi) is 3.81. The lowest BCUT2D eigenvalue weighted by atomic mass is 10.3. The maximum absolute atomic E-state index is 10.6. The molecule has 1 rings (SSSR count). The zero-order chi connectivity index (χ0) is 11.3. The molecule has 0 aliphatic carbocycles. The fourth-order valence-corrected chi connectivity index (χ4v) is 1.02. The Morgan fingerprint density at radius 3 is 3.00 bits per heavy atom. The molecule has 0 saturated carbocycles. The van der Waals surface area contributed by atoms with Crippen molar-refractivity contribution in [3.63, 3.8) is 0 Å². The number of halogens is 1. The van der Waals surface area contributed by atoms with Crippen LogP contribution in [0.3, 0.4) is 0 Å². The summed E-state index contributed by atoms with van der Waals surface area (Å²) >= 11 is 5.06. The van der Waals surface area contributed by atoms with Gasteiger partial charge in [0, 0.05) is 24.2 Å². The molecule has 0 spiro atoms. The molecule has 15 heavy (non-hydrogen) atoms. The summed E-state index contributed by atoms with van der Waals surface area (Å²) < 4.78 is 3.04. The predicted molar refractivity (Wildman–Crippen MR) is 54.2 cm³/mol. The molecule has 1 aromatic heterocycles. The summed E-state index contributed by atoms with van der Waals surface area (Å²) in [6.45, 7) is -0.0388. The van der Waals surface area contributed by atoms with Crippen molar-refractivity contribution < 1.29 is 5.03 Å². The van der Waals surface area contributed by atoms with Gasteiger partial charge in [-0.1, -0.05) is 11.1 Å². The van der Waals surface area contributed by atoms with Gasteiger partial charge in [-0.25, -0.2) is 10.1 Å². The number of hydrazine groups is 1. The quantitative estimate of drug-likeness (QED) is 0.353. The zero-order valence-corrected chi connectivity index (χ0v) is 8.33. The SMILES string of the molecule is NC(=NCl)N(Cc1cccnc1)[N+](=O)[O-]. The molecule has 0 aliphatic rings. The van der Waals surface area contributed by atoms with Crippen molar-refractivity contribution in [2.75, 3.05) is 0 Å². The van der Waals surface area contributed by atoms with Gasteiger partial charge in [-0.2, -0.15) is 0 Å². The molecule has 2 N–H and O–H groups in total. The molecule has 0 fully saturated rings. The van der Waals surface area contributed by atoms with E-state index in [1.54, 1.807) is 18.3 Å². The summed E-state index contributed by atoms with van der Waals surface area (Å²) in [6, 6.07) is 3.35. The van der Waals surface area contributed by atoms with Crippen LogP contribution in [-0.4, -0.2) is 21.0 Å². The molecule has 0 amide bonds. The van der Waals surface area contributed by atoms with Gasteiger partial charge in [0.25, 0.3) is 5.96 Å². The lowest BCUT2D eigenvalue weighted by molar-refractivity contribution is -0.633. The lowest BCUT2D eigenvalue weighted by Crippen LogP contribution is -2.40. The normalized spacial score (nSPS) is 11.1. The monoisotopic (exact) mass is 229 g/mol. The molecule has 0 aromatic carbocycles. The fraction of sp³-hybridized carbons (Fsp3) is 0.143. The van der Waals surface area contributed by atoms with Crippen LogP contribution >= 0.6 is 11.8 Å². The summed E-state index contributed by atoms with van der Waals surface area (Å²) in [5.74, 6) is -0.370. The Labute approximate surface area is 90.4 Å². The molecule has 0 atom stereocenters. The van der Waals surface area contributed by atoms with E-state index in [4.69, 9.17) is 17.5 Å². The molecular formula is C7H8ClN5O2. The third-order valence-electron chi connectivity index (χ3n) is 1.60. The number of nitro groups is 1. The van der Waals surface area contributed by atoms with Crippen molar-refractivity contribution >= 4 is 17.7 Å². The van der Waals surface area contributed by atoms with Crippen LogP contribution < -0.4 is 5.73 Å². The van der Waals surface area contributed by atoms with Gasteiger partial charge in [-0.3, -0.25) is 4.98 Å². The number of hydrogen-bond donors (Lipinski definition) is 1. The number of aromatic nitrogens is 1. The molecule has 8 heteroatoms. The maximum Gasteiger partial charge on any atom is 0.271 e. The van der Waals surface area contributed by atoms with E-state index in [1.807, 2.05) is 0 Å². The van der Waals surface area contributed by atoms with Crippen LogP contribution in [0.1, 0.15) is 5.56 Å². The van der Waals surface area contributed by atoms with E-state index in [0.29, 0.717) is 10.6 Å². The van der Waals surface area contributed by atoms with Crippen LogP contribution in [0.25, 0.3) is 0 Å². The number of nitrogens with two attached hydrogens (primary N) is 1. The highest BCUT2D eigenvalue weighted by molar-refractivity contribution is 6.19. The molecule has 0 aliphatic heterocycles. The van der Waals surface area contributed by atoms with E-state index in [0.717, 1.165) is 0 Å². The molecule has 0 saturated heterocycles. The Hall–Kier alpha value is -1.89. The van der Waals surface area contributed by atoms with E-state index >= 15 is 0 Å². The van der Waals surface area contributed by atoms with E-state index in [1.165, 1.54) is 6.20 Å². The third-order valence-corrected chi connectivity index (χ3v) is 1.78. The van der Waals surface area contributed by atoms with Gasteiger partial charge in [0.2, 0.25) is 0 Å². The first-order chi connectivity index (χ1) is 7.15.